The molecule has 2 N–H and O–H groups in total. The largest absolute Gasteiger partial charge is 0.629 e. The van der Waals surface area contributed by atoms with Crippen LogP contribution in [-0.4, -0.2) is 49.3 Å². The van der Waals surface area contributed by atoms with Gasteiger partial charge in [0.05, 0.1) is 26.7 Å². The summed E-state index contributed by atoms with van der Waals surface area (Å²) in [5.74, 6) is 3.94. The minimum atomic E-state index is -1.46. The van der Waals surface area contributed by atoms with Crippen molar-refractivity contribution >= 4 is 52.3 Å². The third-order valence-electron chi connectivity index (χ3n) is 6.85. The molecule has 0 fully saturated rings. The summed E-state index contributed by atoms with van der Waals surface area (Å²) in [4.78, 5) is 24.8. The standard InChI is InChI=1S/C29H52N5O2PS2/c1-3-4-5-6-7-8-9-10-11-12-13-14-15-16-17-18-20-38-39-21-19-37(35)25-36-26(2)22-34-24-33-27-28(30)31-23-32-29(27)34/h23-26H,3-22H2,1-2H3,(H2,30,31,32)/t26-/m1/s1. The highest BCUT2D eigenvalue weighted by Gasteiger charge is 2.11. The Balaban J connectivity index is 1.35. The molecule has 222 valence electrons. The summed E-state index contributed by atoms with van der Waals surface area (Å²) < 4.78 is 7.58. The van der Waals surface area contributed by atoms with E-state index in [0.29, 0.717) is 29.7 Å². The maximum atomic E-state index is 12.3. The molecule has 0 spiro atoms. The van der Waals surface area contributed by atoms with E-state index in [4.69, 9.17) is 10.5 Å². The summed E-state index contributed by atoms with van der Waals surface area (Å²) in [5, 5.41) is 0. The van der Waals surface area contributed by atoms with Crippen LogP contribution in [0.3, 0.4) is 0 Å². The van der Waals surface area contributed by atoms with Gasteiger partial charge in [-0.05, 0) is 13.3 Å². The highest BCUT2D eigenvalue weighted by atomic mass is 33.1. The number of imidazole rings is 1. The second-order valence-corrected chi connectivity index (χ2v) is 14.7. The van der Waals surface area contributed by atoms with Crippen molar-refractivity contribution in [1.82, 2.24) is 19.5 Å². The number of ether oxygens (including phenoxy) is 1. The molecule has 0 amide bonds. The van der Waals surface area contributed by atoms with Crippen LogP contribution in [0, 0.1) is 0 Å². The van der Waals surface area contributed by atoms with Crippen molar-refractivity contribution in [2.45, 2.75) is 129 Å². The summed E-state index contributed by atoms with van der Waals surface area (Å²) in [6.45, 7) is 4.78. The lowest BCUT2D eigenvalue weighted by atomic mass is 10.0. The summed E-state index contributed by atoms with van der Waals surface area (Å²) in [5.41, 5.74) is 7.11. The molecule has 0 aliphatic heterocycles. The molecule has 0 radical (unpaired) electrons. The minimum Gasteiger partial charge on any atom is -0.629 e. The Kier molecular flexibility index (Phi) is 20.1. The van der Waals surface area contributed by atoms with E-state index in [1.807, 2.05) is 33.1 Å². The van der Waals surface area contributed by atoms with Crippen molar-refractivity contribution in [1.29, 1.82) is 0 Å². The number of nitrogen functional groups attached to an aromatic ring is 1. The number of aromatic nitrogens is 4. The van der Waals surface area contributed by atoms with E-state index in [9.17, 15) is 4.89 Å². The monoisotopic (exact) mass is 597 g/mol. The Labute approximate surface area is 246 Å². The SMILES string of the molecule is CCCCCCCCCCCCCCCCCCSSCC[P+]([O-])=CO[C@H](C)Cn1cnc2c(N)ncnc21. The lowest BCUT2D eigenvalue weighted by molar-refractivity contribution is -0.153. The van der Waals surface area contributed by atoms with Crippen molar-refractivity contribution < 1.29 is 9.63 Å². The molecule has 1 unspecified atom stereocenters. The van der Waals surface area contributed by atoms with E-state index >= 15 is 0 Å². The van der Waals surface area contributed by atoms with Crippen molar-refractivity contribution in [2.75, 3.05) is 23.4 Å². The second kappa shape index (κ2) is 22.8. The molecular formula is C29H52N5O2PS2. The van der Waals surface area contributed by atoms with Gasteiger partial charge in [0.15, 0.2) is 11.5 Å². The first kappa shape index (κ1) is 34.3. The predicted octanol–water partition coefficient (Wildman–Crippen LogP) is 7.97. The van der Waals surface area contributed by atoms with Crippen molar-refractivity contribution in [3.8, 4) is 0 Å². The first-order chi connectivity index (χ1) is 19.1. The van der Waals surface area contributed by atoms with Crippen LogP contribution in [0.5, 0.6) is 0 Å². The van der Waals surface area contributed by atoms with Gasteiger partial charge >= 0.3 is 0 Å². The number of nitrogens with two attached hydrogens (primary N) is 1. The average Bonchev–Trinajstić information content (AvgIpc) is 3.34. The van der Waals surface area contributed by atoms with Crippen LogP contribution in [0.15, 0.2) is 12.7 Å². The van der Waals surface area contributed by atoms with E-state index in [1.54, 1.807) is 6.33 Å². The van der Waals surface area contributed by atoms with E-state index in [-0.39, 0.29) is 6.10 Å². The van der Waals surface area contributed by atoms with Crippen LogP contribution in [0.4, 0.5) is 5.82 Å². The Hall–Kier alpha value is -0.860. The Morgan fingerprint density at radius 2 is 1.44 bits per heavy atom. The van der Waals surface area contributed by atoms with Gasteiger partial charge in [0.1, 0.15) is 18.0 Å². The number of anilines is 1. The quantitative estimate of drug-likeness (QED) is 0.0698. The topological polar surface area (TPSA) is 102 Å². The lowest BCUT2D eigenvalue weighted by Gasteiger charge is -2.10. The third kappa shape index (κ3) is 16.2. The smallest absolute Gasteiger partial charge is 0.208 e. The second-order valence-electron chi connectivity index (χ2n) is 10.5. The lowest BCUT2D eigenvalue weighted by Crippen LogP contribution is -2.16. The highest BCUT2D eigenvalue weighted by Crippen LogP contribution is 2.26. The average molecular weight is 598 g/mol. The number of hydrogen-bond acceptors (Lipinski definition) is 8. The van der Waals surface area contributed by atoms with Gasteiger partial charge in [0.2, 0.25) is 5.98 Å². The van der Waals surface area contributed by atoms with Gasteiger partial charge in [-0.15, -0.1) is 0 Å². The zero-order valence-corrected chi connectivity index (χ0v) is 26.9. The van der Waals surface area contributed by atoms with Crippen molar-refractivity contribution in [3.63, 3.8) is 0 Å². The first-order valence-corrected chi connectivity index (χ1v) is 19.2. The van der Waals surface area contributed by atoms with Crippen LogP contribution in [0.2, 0.25) is 0 Å². The van der Waals surface area contributed by atoms with Gasteiger partial charge in [-0.3, -0.25) is 0 Å². The van der Waals surface area contributed by atoms with Crippen molar-refractivity contribution in [2.24, 2.45) is 0 Å². The van der Waals surface area contributed by atoms with Gasteiger partial charge in [-0.2, -0.15) is 0 Å². The first-order valence-electron chi connectivity index (χ1n) is 15.2. The fourth-order valence-corrected chi connectivity index (χ4v) is 8.29. The fourth-order valence-electron chi connectivity index (χ4n) is 4.53. The molecule has 39 heavy (non-hydrogen) atoms. The van der Waals surface area contributed by atoms with E-state index in [1.165, 1.54) is 121 Å². The molecule has 2 atom stereocenters. The molecule has 0 aliphatic carbocycles. The maximum absolute atomic E-state index is 12.3. The van der Waals surface area contributed by atoms with Gasteiger partial charge in [0, 0.05) is 11.5 Å². The minimum absolute atomic E-state index is 0.144. The van der Waals surface area contributed by atoms with Crippen molar-refractivity contribution in [3.05, 3.63) is 12.7 Å². The molecule has 2 rings (SSSR count). The Bertz CT molecular complexity index is 915. The number of rotatable bonds is 25. The summed E-state index contributed by atoms with van der Waals surface area (Å²) in [7, 11) is 2.28. The van der Waals surface area contributed by atoms with Crippen LogP contribution >= 0.6 is 29.4 Å². The number of fused-ring (bicyclic) bond motifs is 1. The van der Waals surface area contributed by atoms with Crippen LogP contribution in [-0.2, 0) is 11.3 Å². The fraction of sp³-hybridized carbons (Fsp3) is 0.793. The normalized spacial score (nSPS) is 12.9. The van der Waals surface area contributed by atoms with Crippen LogP contribution in [0.25, 0.3) is 11.2 Å². The number of nitrogens with zero attached hydrogens (tertiary/aromatic N) is 4. The van der Waals surface area contributed by atoms with Gasteiger partial charge in [0.25, 0.3) is 0 Å². The molecule has 7 nitrogen and oxygen atoms in total. The highest BCUT2D eigenvalue weighted by molar-refractivity contribution is 8.76. The summed E-state index contributed by atoms with van der Waals surface area (Å²) in [6, 6.07) is 0. The molecule has 10 heteroatoms. The zero-order chi connectivity index (χ0) is 28.0. The molecule has 0 bridgehead atoms. The molecule has 2 aromatic heterocycles. The van der Waals surface area contributed by atoms with Gasteiger partial charge < -0.3 is 19.9 Å². The zero-order valence-electron chi connectivity index (χ0n) is 24.4. The maximum Gasteiger partial charge on any atom is 0.208 e. The third-order valence-corrected chi connectivity index (χ3v) is 10.7. The predicted molar refractivity (Wildman–Crippen MR) is 173 cm³/mol. The van der Waals surface area contributed by atoms with Crippen LogP contribution in [0.1, 0.15) is 117 Å². The van der Waals surface area contributed by atoms with E-state index in [2.05, 4.69) is 21.9 Å². The number of hydrogen-bond donors (Lipinski definition) is 1. The molecular weight excluding hydrogens is 545 g/mol. The molecule has 0 saturated carbocycles. The molecule has 0 aromatic carbocycles. The summed E-state index contributed by atoms with van der Waals surface area (Å²) in [6.07, 6.45) is 26.1. The summed E-state index contributed by atoms with van der Waals surface area (Å²) >= 11 is 0. The molecule has 0 saturated heterocycles. The number of unbranched alkanes of at least 4 members (excludes halogenated alkanes) is 15. The molecule has 2 aromatic rings. The van der Waals surface area contributed by atoms with E-state index < -0.39 is 7.77 Å². The van der Waals surface area contributed by atoms with Gasteiger partial charge in [-0.1, -0.05) is 125 Å². The van der Waals surface area contributed by atoms with E-state index in [0.717, 1.165) is 5.75 Å². The molecule has 0 aliphatic rings. The Morgan fingerprint density at radius 1 is 0.872 bits per heavy atom. The Morgan fingerprint density at radius 3 is 2.05 bits per heavy atom. The molecule has 2 heterocycles. The van der Waals surface area contributed by atoms with Crippen LogP contribution < -0.4 is 10.6 Å². The van der Waals surface area contributed by atoms with Gasteiger partial charge in [-0.25, -0.2) is 15.0 Å².